The van der Waals surface area contributed by atoms with Crippen LogP contribution < -0.4 is 5.32 Å². The highest BCUT2D eigenvalue weighted by Crippen LogP contribution is 2.27. The molecule has 3 aromatic rings. The van der Waals surface area contributed by atoms with E-state index in [1.807, 2.05) is 30.3 Å². The van der Waals surface area contributed by atoms with Crippen molar-refractivity contribution in [3.05, 3.63) is 53.8 Å². The third-order valence-corrected chi connectivity index (χ3v) is 3.01. The van der Waals surface area contributed by atoms with Crippen molar-refractivity contribution in [3.63, 3.8) is 0 Å². The summed E-state index contributed by atoms with van der Waals surface area (Å²) >= 11 is 0. The Morgan fingerprint density at radius 3 is 2.67 bits per heavy atom. The Kier molecular flexibility index (Phi) is 4.02. The van der Waals surface area contributed by atoms with E-state index in [0.29, 0.717) is 5.69 Å². The fourth-order valence-corrected chi connectivity index (χ4v) is 1.89. The molecule has 2 N–H and O–H groups in total. The number of hydrogen-bond acceptors (Lipinski definition) is 5. The zero-order valence-corrected chi connectivity index (χ0v) is 12.0. The molecule has 0 bridgehead atoms. The molecule has 0 aliphatic carbocycles. The topological polar surface area (TPSA) is 96.7 Å². The largest absolute Gasteiger partial charge is 0.471 e. The molecule has 0 saturated carbocycles. The smallest absolute Gasteiger partial charge is 0.343 e. The molecule has 0 saturated heterocycles. The van der Waals surface area contributed by atoms with E-state index in [9.17, 15) is 18.0 Å². The molecule has 2 aromatic heterocycles. The van der Waals surface area contributed by atoms with Gasteiger partial charge in [-0.2, -0.15) is 23.3 Å². The predicted molar refractivity (Wildman–Crippen MR) is 74.5 cm³/mol. The maximum atomic E-state index is 12.3. The van der Waals surface area contributed by atoms with E-state index in [4.69, 9.17) is 0 Å². The second-order valence-corrected chi connectivity index (χ2v) is 4.73. The SMILES string of the molecule is O=C(NCc1noc(C(F)(F)F)n1)c1cc(-c2ccccc2)n[nH]1. The van der Waals surface area contributed by atoms with Crippen LogP contribution in [-0.2, 0) is 12.7 Å². The number of carbonyl (C=O) groups excluding carboxylic acids is 1. The first kappa shape index (κ1) is 15.7. The highest BCUT2D eigenvalue weighted by molar-refractivity contribution is 5.93. The summed E-state index contributed by atoms with van der Waals surface area (Å²) < 4.78 is 41.1. The molecule has 124 valence electrons. The molecule has 0 fully saturated rings. The number of nitrogens with one attached hydrogen (secondary N) is 2. The third-order valence-electron chi connectivity index (χ3n) is 3.01. The molecule has 0 aliphatic heterocycles. The fraction of sp³-hybridized carbons (Fsp3) is 0.143. The van der Waals surface area contributed by atoms with Crippen molar-refractivity contribution < 1.29 is 22.5 Å². The Labute approximate surface area is 132 Å². The van der Waals surface area contributed by atoms with Gasteiger partial charge in [0.15, 0.2) is 5.82 Å². The van der Waals surface area contributed by atoms with E-state index in [1.54, 1.807) is 0 Å². The Hall–Kier alpha value is -3.17. The number of aromatic amines is 1. The maximum Gasteiger partial charge on any atom is 0.471 e. The number of H-pyrrole nitrogens is 1. The van der Waals surface area contributed by atoms with E-state index in [2.05, 4.69) is 30.2 Å². The number of halogens is 3. The number of benzene rings is 1. The second-order valence-electron chi connectivity index (χ2n) is 4.73. The molecule has 2 heterocycles. The van der Waals surface area contributed by atoms with Gasteiger partial charge >= 0.3 is 12.1 Å². The van der Waals surface area contributed by atoms with E-state index >= 15 is 0 Å². The van der Waals surface area contributed by atoms with E-state index in [0.717, 1.165) is 5.56 Å². The lowest BCUT2D eigenvalue weighted by atomic mass is 10.1. The molecule has 1 aromatic carbocycles. The predicted octanol–water partition coefficient (Wildman–Crippen LogP) is 2.41. The minimum atomic E-state index is -4.72. The van der Waals surface area contributed by atoms with Gasteiger partial charge in [0.2, 0.25) is 0 Å². The van der Waals surface area contributed by atoms with Crippen molar-refractivity contribution >= 4 is 5.91 Å². The molecule has 0 aliphatic rings. The van der Waals surface area contributed by atoms with E-state index in [-0.39, 0.29) is 18.1 Å². The first-order valence-corrected chi connectivity index (χ1v) is 6.72. The Bertz CT molecular complexity index is 841. The normalized spacial score (nSPS) is 11.5. The molecule has 0 unspecified atom stereocenters. The van der Waals surface area contributed by atoms with Crippen molar-refractivity contribution in [1.82, 2.24) is 25.7 Å². The van der Waals surface area contributed by atoms with Gasteiger partial charge in [-0.15, -0.1) is 0 Å². The number of carbonyl (C=O) groups is 1. The van der Waals surface area contributed by atoms with E-state index < -0.39 is 18.0 Å². The molecule has 10 heteroatoms. The zero-order chi connectivity index (χ0) is 17.2. The lowest BCUT2D eigenvalue weighted by molar-refractivity contribution is -0.159. The monoisotopic (exact) mass is 337 g/mol. The van der Waals surface area contributed by atoms with Gasteiger partial charge in [0, 0.05) is 5.56 Å². The van der Waals surface area contributed by atoms with Crippen LogP contribution in [0, 0.1) is 0 Å². The Morgan fingerprint density at radius 1 is 1.25 bits per heavy atom. The van der Waals surface area contributed by atoms with Crippen LogP contribution in [0.15, 0.2) is 40.9 Å². The zero-order valence-electron chi connectivity index (χ0n) is 12.0. The minimum absolute atomic E-state index is 0.161. The van der Waals surface area contributed by atoms with Crippen molar-refractivity contribution in [2.45, 2.75) is 12.7 Å². The summed E-state index contributed by atoms with van der Waals surface area (Å²) in [4.78, 5) is 15.1. The average Bonchev–Trinajstić information content (AvgIpc) is 3.22. The number of nitrogens with zero attached hydrogens (tertiary/aromatic N) is 3. The van der Waals surface area contributed by atoms with Gasteiger partial charge in [0.05, 0.1) is 12.2 Å². The summed E-state index contributed by atoms with van der Waals surface area (Å²) in [5.41, 5.74) is 1.55. The number of aromatic nitrogens is 4. The van der Waals surface area contributed by atoms with Gasteiger partial charge in [-0.1, -0.05) is 35.5 Å². The van der Waals surface area contributed by atoms with Crippen molar-refractivity contribution in [1.29, 1.82) is 0 Å². The highest BCUT2D eigenvalue weighted by Gasteiger charge is 2.38. The summed E-state index contributed by atoms with van der Waals surface area (Å²) in [6.07, 6.45) is -4.72. The highest BCUT2D eigenvalue weighted by atomic mass is 19.4. The first-order chi connectivity index (χ1) is 11.4. The van der Waals surface area contributed by atoms with Gasteiger partial charge in [-0.25, -0.2) is 0 Å². The van der Waals surface area contributed by atoms with Crippen LogP contribution in [0.1, 0.15) is 22.2 Å². The number of alkyl halides is 3. The van der Waals surface area contributed by atoms with Crippen LogP contribution in [0.3, 0.4) is 0 Å². The van der Waals surface area contributed by atoms with Crippen LogP contribution in [0.25, 0.3) is 11.3 Å². The molecule has 24 heavy (non-hydrogen) atoms. The minimum Gasteiger partial charge on any atom is -0.343 e. The van der Waals surface area contributed by atoms with Crippen LogP contribution in [0.5, 0.6) is 0 Å². The molecule has 0 atom stereocenters. The second kappa shape index (κ2) is 6.14. The standard InChI is InChI=1S/C14H10F3N5O2/c15-14(16,17)13-19-11(22-24-13)7-18-12(23)10-6-9(20-21-10)8-4-2-1-3-5-8/h1-6H,7H2,(H,18,23)(H,20,21). The summed E-state index contributed by atoms with van der Waals surface area (Å²) in [5, 5.41) is 12.1. The van der Waals surface area contributed by atoms with Gasteiger partial charge in [0.25, 0.3) is 5.91 Å². The first-order valence-electron chi connectivity index (χ1n) is 6.72. The number of hydrogen-bond donors (Lipinski definition) is 2. The average molecular weight is 337 g/mol. The molecular weight excluding hydrogens is 327 g/mol. The van der Waals surface area contributed by atoms with Gasteiger partial charge in [-0.3, -0.25) is 9.89 Å². The van der Waals surface area contributed by atoms with Crippen LogP contribution in [0.4, 0.5) is 13.2 Å². The molecule has 1 amide bonds. The molecular formula is C14H10F3N5O2. The maximum absolute atomic E-state index is 12.3. The molecule has 0 radical (unpaired) electrons. The molecule has 7 nitrogen and oxygen atoms in total. The lowest BCUT2D eigenvalue weighted by Crippen LogP contribution is -2.23. The summed E-state index contributed by atoms with van der Waals surface area (Å²) in [6.45, 7) is -0.307. The Balaban J connectivity index is 1.64. The lowest BCUT2D eigenvalue weighted by Gasteiger charge is -1.99. The quantitative estimate of drug-likeness (QED) is 0.762. The van der Waals surface area contributed by atoms with E-state index in [1.165, 1.54) is 6.07 Å². The summed E-state index contributed by atoms with van der Waals surface area (Å²) in [7, 11) is 0. The van der Waals surface area contributed by atoms with Crippen LogP contribution >= 0.6 is 0 Å². The van der Waals surface area contributed by atoms with Gasteiger partial charge in [-0.05, 0) is 6.07 Å². The van der Waals surface area contributed by atoms with Crippen LogP contribution in [-0.4, -0.2) is 26.2 Å². The van der Waals surface area contributed by atoms with Crippen LogP contribution in [0.2, 0.25) is 0 Å². The third kappa shape index (κ3) is 3.42. The summed E-state index contributed by atoms with van der Waals surface area (Å²) in [5.74, 6) is -2.29. The fourth-order valence-electron chi connectivity index (χ4n) is 1.89. The number of amides is 1. The van der Waals surface area contributed by atoms with Crippen molar-refractivity contribution in [2.75, 3.05) is 0 Å². The molecule has 0 spiro atoms. The molecule has 3 rings (SSSR count). The van der Waals surface area contributed by atoms with Gasteiger partial charge in [0.1, 0.15) is 5.69 Å². The summed E-state index contributed by atoms with van der Waals surface area (Å²) in [6, 6.07) is 10.7. The number of rotatable bonds is 4. The van der Waals surface area contributed by atoms with Crippen molar-refractivity contribution in [3.8, 4) is 11.3 Å². The van der Waals surface area contributed by atoms with Gasteiger partial charge < -0.3 is 9.84 Å². The van der Waals surface area contributed by atoms with Crippen molar-refractivity contribution in [2.24, 2.45) is 0 Å². The Morgan fingerprint density at radius 2 is 2.00 bits per heavy atom.